The minimum absolute atomic E-state index is 0.000157. The Bertz CT molecular complexity index is 3470. The van der Waals surface area contributed by atoms with Gasteiger partial charge < -0.3 is 14.2 Å². The van der Waals surface area contributed by atoms with Crippen LogP contribution < -0.4 is 26.4 Å². The molecule has 0 spiro atoms. The molecule has 0 bridgehead atoms. The van der Waals surface area contributed by atoms with Crippen molar-refractivity contribution in [3.8, 4) is 11.1 Å². The topological polar surface area (TPSA) is 19.6 Å². The summed E-state index contributed by atoms with van der Waals surface area (Å²) in [6.45, 7) is 43.7. The molecule has 0 fully saturated rings. The van der Waals surface area contributed by atoms with Crippen molar-refractivity contribution in [2.75, 3.05) is 9.80 Å². The maximum Gasteiger partial charge on any atom is 0.297 e. The second-order valence-corrected chi connectivity index (χ2v) is 29.8. The zero-order valence-corrected chi connectivity index (χ0v) is 48.4. The van der Waals surface area contributed by atoms with E-state index in [-0.39, 0.29) is 50.0 Å². The second-order valence-electron chi connectivity index (χ2n) is 29.8. The molecule has 12 rings (SSSR count). The van der Waals surface area contributed by atoms with Gasteiger partial charge in [-0.05, 0) is 197 Å². The Labute approximate surface area is 445 Å². The highest BCUT2D eigenvalue weighted by molar-refractivity contribution is 7.00. The van der Waals surface area contributed by atoms with Gasteiger partial charge in [0, 0.05) is 33.7 Å². The summed E-state index contributed by atoms with van der Waals surface area (Å²) in [6, 6.07) is 41.6. The van der Waals surface area contributed by atoms with Gasteiger partial charge in [-0.25, -0.2) is 0 Å². The molecule has 0 radical (unpaired) electrons. The van der Waals surface area contributed by atoms with Gasteiger partial charge in [-0.2, -0.15) is 0 Å². The first-order valence-corrected chi connectivity index (χ1v) is 28.3. The van der Waals surface area contributed by atoms with Crippen LogP contribution in [0, 0.1) is 0 Å². The molecule has 7 aromatic rings. The molecule has 3 aliphatic carbocycles. The highest BCUT2D eigenvalue weighted by atomic mass is 16.3. The molecule has 3 heterocycles. The summed E-state index contributed by atoms with van der Waals surface area (Å²) in [4.78, 5) is 5.40. The lowest BCUT2D eigenvalue weighted by molar-refractivity contribution is 0.332. The highest BCUT2D eigenvalue weighted by Crippen LogP contribution is 2.57. The molecule has 0 saturated heterocycles. The quantitative estimate of drug-likeness (QED) is 0.165. The number of furan rings is 1. The fraction of sp³-hybridized carbons (Fsp3) is 0.457. The molecule has 5 aliphatic rings. The van der Waals surface area contributed by atoms with Gasteiger partial charge in [0.2, 0.25) is 0 Å². The Balaban J connectivity index is 1.27. The van der Waals surface area contributed by atoms with E-state index in [1.165, 1.54) is 106 Å². The van der Waals surface area contributed by atoms with Gasteiger partial charge in [0.1, 0.15) is 5.58 Å². The fourth-order valence-corrected chi connectivity index (χ4v) is 14.3. The van der Waals surface area contributed by atoms with Gasteiger partial charge in [-0.3, -0.25) is 0 Å². The van der Waals surface area contributed by atoms with Crippen molar-refractivity contribution in [3.05, 3.63) is 148 Å². The third kappa shape index (κ3) is 7.32. The SMILES string of the molecule is CC(C)(C)c1ccc(N2c3cc(C(C)(C)C)cc4c3B(c3cc5c(cc3N4c3cc4c(cc3-c3ccccc3)C(C)(C)CCC4(C)C)C(C)(C)CCC5(C)C)c3oc4cc5c(cc4c32)C(C)(C)CCC5(C)C)cc1. The molecule has 0 atom stereocenters. The fourth-order valence-electron chi connectivity index (χ4n) is 14.3. The molecule has 0 unspecified atom stereocenters. The van der Waals surface area contributed by atoms with Crippen molar-refractivity contribution >= 4 is 68.4 Å². The number of rotatable bonds is 3. The Hall–Kier alpha value is -5.48. The first kappa shape index (κ1) is 49.4. The highest BCUT2D eigenvalue weighted by Gasteiger charge is 2.51. The number of fused-ring (bicyclic) bond motifs is 9. The third-order valence-corrected chi connectivity index (χ3v) is 19.8. The van der Waals surface area contributed by atoms with Crippen molar-refractivity contribution in [1.29, 1.82) is 0 Å². The van der Waals surface area contributed by atoms with E-state index in [9.17, 15) is 0 Å². The largest absolute Gasteiger partial charge is 0.468 e. The number of benzene rings is 6. The Kier molecular flexibility index (Phi) is 10.4. The molecule has 1 aromatic heterocycles. The van der Waals surface area contributed by atoms with Crippen LogP contribution in [0.25, 0.3) is 22.1 Å². The van der Waals surface area contributed by atoms with Gasteiger partial charge in [0.05, 0.1) is 17.0 Å². The van der Waals surface area contributed by atoms with E-state index in [2.05, 4.69) is 238 Å². The zero-order valence-electron chi connectivity index (χ0n) is 48.4. The van der Waals surface area contributed by atoms with Crippen LogP contribution >= 0.6 is 0 Å². The first-order valence-electron chi connectivity index (χ1n) is 28.3. The standard InChI is InChI=1S/C70H83BN2O/c1-63(2,3)43-24-26-45(27-25-43)72-57-34-44(64(4,5)6)35-58-60(57)71(62-61(72)47-37-49-53(41-59(47)74-62)70(17,18)33-29-66(49,9)10)54-38-50-52(69(15,16)32-30-67(50,11)12)40-56(54)73(58)55-39-51-48(65(7,8)28-31-68(51,13)14)36-46(55)42-22-20-19-21-23-42/h19-27,34-41H,28-33H2,1-18H3. The summed E-state index contributed by atoms with van der Waals surface area (Å²) in [6.07, 6.45) is 6.92. The number of anilines is 6. The van der Waals surface area contributed by atoms with E-state index in [1.807, 2.05) is 0 Å². The Morgan fingerprint density at radius 1 is 0.432 bits per heavy atom. The van der Waals surface area contributed by atoms with E-state index in [0.717, 1.165) is 49.8 Å². The predicted molar refractivity (Wildman–Crippen MR) is 319 cm³/mol. The number of hydrogen-bond donors (Lipinski definition) is 0. The van der Waals surface area contributed by atoms with Gasteiger partial charge in [0.15, 0.2) is 0 Å². The third-order valence-electron chi connectivity index (χ3n) is 19.8. The molecule has 74 heavy (non-hydrogen) atoms. The lowest BCUT2D eigenvalue weighted by atomic mass is 9.35. The summed E-state index contributed by atoms with van der Waals surface area (Å²) in [5, 5.41) is 1.21. The monoisotopic (exact) mass is 979 g/mol. The maximum atomic E-state index is 7.79. The molecule has 382 valence electrons. The van der Waals surface area contributed by atoms with E-state index in [1.54, 1.807) is 0 Å². The molecular formula is C70H83BN2O. The van der Waals surface area contributed by atoms with Crippen LogP contribution in [0.5, 0.6) is 0 Å². The second kappa shape index (κ2) is 15.6. The van der Waals surface area contributed by atoms with Crippen LogP contribution in [0.15, 0.2) is 108 Å². The Morgan fingerprint density at radius 2 is 0.878 bits per heavy atom. The summed E-state index contributed by atoms with van der Waals surface area (Å²) in [7, 11) is 0. The minimum atomic E-state index is -0.159. The van der Waals surface area contributed by atoms with Crippen molar-refractivity contribution in [1.82, 2.24) is 0 Å². The number of nitrogens with zero attached hydrogens (tertiary/aromatic N) is 2. The van der Waals surface area contributed by atoms with Crippen LogP contribution in [0.3, 0.4) is 0 Å². The predicted octanol–water partition coefficient (Wildman–Crippen LogP) is 17.8. The first-order chi connectivity index (χ1) is 34.4. The summed E-state index contributed by atoms with van der Waals surface area (Å²) in [5.41, 5.74) is 26.1. The van der Waals surface area contributed by atoms with Gasteiger partial charge in [-0.1, -0.05) is 173 Å². The van der Waals surface area contributed by atoms with Crippen LogP contribution in [-0.2, 0) is 43.3 Å². The van der Waals surface area contributed by atoms with Crippen LogP contribution in [0.2, 0.25) is 0 Å². The normalized spacial score (nSPS) is 20.3. The molecule has 3 nitrogen and oxygen atoms in total. The van der Waals surface area contributed by atoms with E-state index < -0.39 is 0 Å². The summed E-state index contributed by atoms with van der Waals surface area (Å²) >= 11 is 0. The molecule has 4 heteroatoms. The summed E-state index contributed by atoms with van der Waals surface area (Å²) in [5.74, 6) is 0. The lowest BCUT2D eigenvalue weighted by Gasteiger charge is -2.48. The zero-order chi connectivity index (χ0) is 52.8. The van der Waals surface area contributed by atoms with Crippen molar-refractivity contribution in [3.63, 3.8) is 0 Å². The van der Waals surface area contributed by atoms with Crippen molar-refractivity contribution in [2.24, 2.45) is 0 Å². The number of hydrogen-bond acceptors (Lipinski definition) is 3. The minimum Gasteiger partial charge on any atom is -0.468 e. The van der Waals surface area contributed by atoms with Crippen LogP contribution in [0.1, 0.15) is 208 Å². The summed E-state index contributed by atoms with van der Waals surface area (Å²) < 4.78 is 7.79. The average molecular weight is 979 g/mol. The Morgan fingerprint density at radius 3 is 1.39 bits per heavy atom. The van der Waals surface area contributed by atoms with Crippen molar-refractivity contribution in [2.45, 2.75) is 206 Å². The molecule has 0 amide bonds. The maximum absolute atomic E-state index is 7.79. The van der Waals surface area contributed by atoms with Crippen molar-refractivity contribution < 1.29 is 4.42 Å². The molecule has 0 N–H and O–H groups in total. The molecule has 6 aromatic carbocycles. The van der Waals surface area contributed by atoms with Gasteiger partial charge >= 0.3 is 0 Å². The van der Waals surface area contributed by atoms with Crippen LogP contribution in [-0.4, -0.2) is 6.71 Å². The van der Waals surface area contributed by atoms with E-state index in [4.69, 9.17) is 4.42 Å². The average Bonchev–Trinajstić information content (AvgIpc) is 3.70. The van der Waals surface area contributed by atoms with E-state index >= 15 is 0 Å². The van der Waals surface area contributed by atoms with Gasteiger partial charge in [0.25, 0.3) is 6.71 Å². The van der Waals surface area contributed by atoms with Gasteiger partial charge in [-0.15, -0.1) is 0 Å². The smallest absolute Gasteiger partial charge is 0.297 e. The van der Waals surface area contributed by atoms with E-state index in [0.29, 0.717) is 0 Å². The molecular weight excluding hydrogens is 896 g/mol. The molecule has 2 aliphatic heterocycles. The van der Waals surface area contributed by atoms with Crippen LogP contribution in [0.4, 0.5) is 34.1 Å². The lowest BCUT2D eigenvalue weighted by Crippen LogP contribution is -2.61. The molecule has 0 saturated carbocycles.